The molecule has 0 radical (unpaired) electrons. The van der Waals surface area contributed by atoms with E-state index in [1.807, 2.05) is 30.3 Å². The van der Waals surface area contributed by atoms with Gasteiger partial charge < -0.3 is 20.1 Å². The molecule has 2 amide bonds. The van der Waals surface area contributed by atoms with Crippen molar-refractivity contribution in [3.05, 3.63) is 35.9 Å². The van der Waals surface area contributed by atoms with Crippen LogP contribution in [0.1, 0.15) is 19.4 Å². The molecule has 0 aliphatic carbocycles. The van der Waals surface area contributed by atoms with E-state index in [0.29, 0.717) is 0 Å². The number of amides is 2. The van der Waals surface area contributed by atoms with Gasteiger partial charge in [0.1, 0.15) is 6.61 Å². The first kappa shape index (κ1) is 17.0. The van der Waals surface area contributed by atoms with E-state index in [0.717, 1.165) is 5.56 Å². The van der Waals surface area contributed by atoms with Gasteiger partial charge >= 0.3 is 6.09 Å². The van der Waals surface area contributed by atoms with Crippen molar-refractivity contribution in [2.24, 2.45) is 0 Å². The Hall–Kier alpha value is -2.08. The summed E-state index contributed by atoms with van der Waals surface area (Å²) in [6.45, 7) is 3.91. The average Bonchev–Trinajstić information content (AvgIpc) is 2.43. The number of hydrogen-bond donors (Lipinski definition) is 2. The Morgan fingerprint density at radius 3 is 2.48 bits per heavy atom. The molecule has 0 aromatic heterocycles. The van der Waals surface area contributed by atoms with Crippen LogP contribution in [0.25, 0.3) is 0 Å². The van der Waals surface area contributed by atoms with Crippen LogP contribution in [0.15, 0.2) is 30.3 Å². The molecule has 21 heavy (non-hydrogen) atoms. The lowest BCUT2D eigenvalue weighted by atomic mass is 10.0. The third-order valence-electron chi connectivity index (χ3n) is 2.78. The molecule has 0 unspecified atom stereocenters. The Morgan fingerprint density at radius 2 is 1.90 bits per heavy atom. The van der Waals surface area contributed by atoms with E-state index in [-0.39, 0.29) is 25.7 Å². The van der Waals surface area contributed by atoms with E-state index in [9.17, 15) is 9.59 Å². The Bertz CT molecular complexity index is 464. The fraction of sp³-hybridized carbons (Fsp3) is 0.467. The molecule has 1 aromatic rings. The SMILES string of the molecule is COC[C@@](C)(CNC(=O)OCc1ccccc1)NC(C)=O. The van der Waals surface area contributed by atoms with E-state index in [1.54, 1.807) is 6.92 Å². The summed E-state index contributed by atoms with van der Waals surface area (Å²) in [7, 11) is 1.54. The van der Waals surface area contributed by atoms with Gasteiger partial charge in [0.2, 0.25) is 5.91 Å². The molecule has 0 fully saturated rings. The van der Waals surface area contributed by atoms with Gasteiger partial charge in [-0.3, -0.25) is 4.79 Å². The van der Waals surface area contributed by atoms with Crippen molar-refractivity contribution < 1.29 is 19.1 Å². The standard InChI is InChI=1S/C15H22N2O4/c1-12(18)17-15(2,11-20-3)10-16-14(19)21-9-13-7-5-4-6-8-13/h4-8H,9-11H2,1-3H3,(H,16,19)(H,17,18)/t15-/m1/s1. The van der Waals surface area contributed by atoms with Gasteiger partial charge in [-0.05, 0) is 12.5 Å². The van der Waals surface area contributed by atoms with Crippen LogP contribution in [0.2, 0.25) is 0 Å². The van der Waals surface area contributed by atoms with E-state index in [4.69, 9.17) is 9.47 Å². The maximum atomic E-state index is 11.7. The third kappa shape index (κ3) is 6.76. The van der Waals surface area contributed by atoms with E-state index in [2.05, 4.69) is 10.6 Å². The normalized spacial score (nSPS) is 13.1. The summed E-state index contributed by atoms with van der Waals surface area (Å²) in [6, 6.07) is 9.40. The number of carbonyl (C=O) groups excluding carboxylic acids is 2. The van der Waals surface area contributed by atoms with Crippen molar-refractivity contribution in [3.63, 3.8) is 0 Å². The maximum absolute atomic E-state index is 11.7. The highest BCUT2D eigenvalue weighted by Crippen LogP contribution is 2.04. The highest BCUT2D eigenvalue weighted by atomic mass is 16.5. The number of carbonyl (C=O) groups is 2. The number of nitrogens with one attached hydrogen (secondary N) is 2. The molecule has 1 aromatic carbocycles. The van der Waals surface area contributed by atoms with E-state index in [1.165, 1.54) is 14.0 Å². The van der Waals surface area contributed by atoms with E-state index < -0.39 is 11.6 Å². The Kier molecular flexibility index (Phi) is 6.68. The minimum atomic E-state index is -0.674. The predicted molar refractivity (Wildman–Crippen MR) is 78.7 cm³/mol. The number of alkyl carbamates (subject to hydrolysis) is 1. The quantitative estimate of drug-likeness (QED) is 0.798. The Balaban J connectivity index is 2.41. The number of ether oxygens (including phenoxy) is 2. The van der Waals surface area contributed by atoms with Gasteiger partial charge in [0.05, 0.1) is 12.1 Å². The summed E-state index contributed by atoms with van der Waals surface area (Å²) >= 11 is 0. The molecule has 0 aliphatic heterocycles. The van der Waals surface area contributed by atoms with Gasteiger partial charge in [0.15, 0.2) is 0 Å². The molecule has 6 heteroatoms. The molecule has 0 saturated heterocycles. The smallest absolute Gasteiger partial charge is 0.407 e. The number of hydrogen-bond acceptors (Lipinski definition) is 4. The second-order valence-corrected chi connectivity index (χ2v) is 5.09. The highest BCUT2D eigenvalue weighted by molar-refractivity contribution is 5.74. The van der Waals surface area contributed by atoms with Gasteiger partial charge in [-0.25, -0.2) is 4.79 Å². The zero-order chi connectivity index (χ0) is 15.7. The van der Waals surface area contributed by atoms with Crippen LogP contribution in [0, 0.1) is 0 Å². The molecule has 2 N–H and O–H groups in total. The Morgan fingerprint density at radius 1 is 1.24 bits per heavy atom. The van der Waals surface area contributed by atoms with Crippen LogP contribution in [0.3, 0.4) is 0 Å². The molecule has 1 rings (SSSR count). The molecule has 0 saturated carbocycles. The largest absolute Gasteiger partial charge is 0.445 e. The molecular weight excluding hydrogens is 272 g/mol. The first-order chi connectivity index (χ1) is 9.95. The van der Waals surface area contributed by atoms with E-state index >= 15 is 0 Å². The fourth-order valence-electron chi connectivity index (χ4n) is 1.92. The summed E-state index contributed by atoms with van der Waals surface area (Å²) in [5.41, 5.74) is 0.237. The minimum absolute atomic E-state index is 0.186. The molecular formula is C15H22N2O4. The van der Waals surface area contributed by atoms with Crippen LogP contribution < -0.4 is 10.6 Å². The van der Waals surface area contributed by atoms with Gasteiger partial charge in [-0.15, -0.1) is 0 Å². The zero-order valence-electron chi connectivity index (χ0n) is 12.6. The monoisotopic (exact) mass is 294 g/mol. The molecule has 116 valence electrons. The van der Waals surface area contributed by atoms with Crippen LogP contribution in [0.5, 0.6) is 0 Å². The van der Waals surface area contributed by atoms with Crippen molar-refractivity contribution in [1.29, 1.82) is 0 Å². The summed E-state index contributed by atoms with van der Waals surface area (Å²) < 4.78 is 10.2. The highest BCUT2D eigenvalue weighted by Gasteiger charge is 2.26. The third-order valence-corrected chi connectivity index (χ3v) is 2.78. The molecule has 0 bridgehead atoms. The van der Waals surface area contributed by atoms with Crippen molar-refractivity contribution >= 4 is 12.0 Å². The first-order valence-electron chi connectivity index (χ1n) is 6.67. The summed E-state index contributed by atoms with van der Waals surface area (Å²) in [4.78, 5) is 22.8. The fourth-order valence-corrected chi connectivity index (χ4v) is 1.92. The summed E-state index contributed by atoms with van der Waals surface area (Å²) in [5.74, 6) is -0.186. The average molecular weight is 294 g/mol. The van der Waals surface area contributed by atoms with Gasteiger partial charge in [0.25, 0.3) is 0 Å². The topological polar surface area (TPSA) is 76.7 Å². The van der Waals surface area contributed by atoms with Crippen molar-refractivity contribution in [3.8, 4) is 0 Å². The molecule has 0 heterocycles. The van der Waals surface area contributed by atoms with Crippen LogP contribution in [-0.2, 0) is 20.9 Å². The second-order valence-electron chi connectivity index (χ2n) is 5.09. The predicted octanol–water partition coefficient (Wildman–Crippen LogP) is 1.45. The molecule has 6 nitrogen and oxygen atoms in total. The van der Waals surface area contributed by atoms with Crippen LogP contribution in [0.4, 0.5) is 4.79 Å². The number of benzene rings is 1. The molecule has 0 spiro atoms. The number of methoxy groups -OCH3 is 1. The minimum Gasteiger partial charge on any atom is -0.445 e. The van der Waals surface area contributed by atoms with Gasteiger partial charge in [0, 0.05) is 20.6 Å². The van der Waals surface area contributed by atoms with Crippen LogP contribution >= 0.6 is 0 Å². The van der Waals surface area contributed by atoms with Crippen LogP contribution in [-0.4, -0.2) is 37.8 Å². The lowest BCUT2D eigenvalue weighted by molar-refractivity contribution is -0.121. The summed E-state index contributed by atoms with van der Waals surface area (Å²) in [5, 5.41) is 5.38. The maximum Gasteiger partial charge on any atom is 0.407 e. The Labute approximate surface area is 124 Å². The second kappa shape index (κ2) is 8.26. The lowest BCUT2D eigenvalue weighted by Gasteiger charge is -2.29. The molecule has 1 atom stereocenters. The number of rotatable bonds is 7. The summed E-state index contributed by atoms with van der Waals surface area (Å²) in [6.07, 6.45) is -0.536. The van der Waals surface area contributed by atoms with Gasteiger partial charge in [-0.1, -0.05) is 30.3 Å². The van der Waals surface area contributed by atoms with Crippen molar-refractivity contribution in [2.75, 3.05) is 20.3 Å². The zero-order valence-corrected chi connectivity index (χ0v) is 12.6. The van der Waals surface area contributed by atoms with Crippen molar-refractivity contribution in [1.82, 2.24) is 10.6 Å². The molecule has 0 aliphatic rings. The lowest BCUT2D eigenvalue weighted by Crippen LogP contribution is -2.55. The van der Waals surface area contributed by atoms with Crippen molar-refractivity contribution in [2.45, 2.75) is 26.0 Å². The van der Waals surface area contributed by atoms with Gasteiger partial charge in [-0.2, -0.15) is 0 Å². The first-order valence-corrected chi connectivity index (χ1v) is 6.67.